The van der Waals surface area contributed by atoms with Crippen molar-refractivity contribution >= 4 is 26.9 Å². The van der Waals surface area contributed by atoms with Crippen molar-refractivity contribution < 1.29 is 17.6 Å². The zero-order chi connectivity index (χ0) is 18.3. The molecule has 2 fully saturated rings. The number of likely N-dealkylation sites (tertiary alicyclic amines) is 1. The van der Waals surface area contributed by atoms with Gasteiger partial charge in [0.05, 0.1) is 11.7 Å². The van der Waals surface area contributed by atoms with E-state index in [9.17, 15) is 13.2 Å². The van der Waals surface area contributed by atoms with Gasteiger partial charge < -0.3 is 9.32 Å². The summed E-state index contributed by atoms with van der Waals surface area (Å²) in [4.78, 5) is 14.8. The van der Waals surface area contributed by atoms with Gasteiger partial charge in [-0.15, -0.1) is 0 Å². The highest BCUT2D eigenvalue weighted by molar-refractivity contribution is 7.89. The number of carbonyl (C=O) groups excluding carboxylic acids is 1. The standard InChI is InChI=1S/C19H24N2O4S/c1-14(18-12-15-6-2-3-8-17(15)25-18)19(22)20-9-4-7-16(13-20)21-10-5-11-26(21,23)24/h2-3,6,8,12,14,16H,4-5,7,9-11,13H2,1H3/t14-,16+/m1/s1. The van der Waals surface area contributed by atoms with E-state index in [2.05, 4.69) is 0 Å². The van der Waals surface area contributed by atoms with E-state index in [1.807, 2.05) is 37.3 Å². The first-order valence-corrected chi connectivity index (χ1v) is 10.8. The first-order valence-electron chi connectivity index (χ1n) is 9.22. The van der Waals surface area contributed by atoms with Gasteiger partial charge in [0.2, 0.25) is 15.9 Å². The van der Waals surface area contributed by atoms with Crippen LogP contribution in [-0.2, 0) is 14.8 Å². The third-order valence-electron chi connectivity index (χ3n) is 5.50. The number of amides is 1. The van der Waals surface area contributed by atoms with Gasteiger partial charge in [0.15, 0.2) is 0 Å². The molecule has 0 radical (unpaired) electrons. The van der Waals surface area contributed by atoms with Crippen LogP contribution in [0.25, 0.3) is 11.0 Å². The molecule has 140 valence electrons. The monoisotopic (exact) mass is 376 g/mol. The van der Waals surface area contributed by atoms with E-state index >= 15 is 0 Å². The molecule has 2 saturated heterocycles. The van der Waals surface area contributed by atoms with Crippen LogP contribution < -0.4 is 0 Å². The topological polar surface area (TPSA) is 70.8 Å². The second-order valence-corrected chi connectivity index (χ2v) is 9.31. The van der Waals surface area contributed by atoms with Crippen molar-refractivity contribution in [3.8, 4) is 0 Å². The highest BCUT2D eigenvalue weighted by Crippen LogP contribution is 2.29. The predicted octanol–water partition coefficient (Wildman–Crippen LogP) is 2.56. The molecule has 0 saturated carbocycles. The van der Waals surface area contributed by atoms with Crippen LogP contribution in [0.1, 0.15) is 37.9 Å². The molecule has 2 atom stereocenters. The third kappa shape index (κ3) is 3.14. The number of furan rings is 1. The molecule has 0 N–H and O–H groups in total. The summed E-state index contributed by atoms with van der Waals surface area (Å²) in [7, 11) is -3.15. The van der Waals surface area contributed by atoms with Gasteiger partial charge in [0, 0.05) is 31.1 Å². The lowest BCUT2D eigenvalue weighted by Gasteiger charge is -2.37. The van der Waals surface area contributed by atoms with Crippen molar-refractivity contribution in [2.75, 3.05) is 25.4 Å². The highest BCUT2D eigenvalue weighted by Gasteiger charge is 2.38. The number of nitrogens with zero attached hydrogens (tertiary/aromatic N) is 2. The number of carbonyl (C=O) groups is 1. The Balaban J connectivity index is 1.50. The van der Waals surface area contributed by atoms with Crippen molar-refractivity contribution in [3.05, 3.63) is 36.1 Å². The van der Waals surface area contributed by atoms with Crippen molar-refractivity contribution in [2.24, 2.45) is 0 Å². The summed E-state index contributed by atoms with van der Waals surface area (Å²) in [6.07, 6.45) is 2.33. The van der Waals surface area contributed by atoms with E-state index in [0.29, 0.717) is 31.8 Å². The lowest BCUT2D eigenvalue weighted by Crippen LogP contribution is -2.51. The third-order valence-corrected chi connectivity index (χ3v) is 7.50. The van der Waals surface area contributed by atoms with Gasteiger partial charge in [-0.25, -0.2) is 8.42 Å². The molecule has 2 aliphatic rings. The molecule has 4 rings (SSSR count). The molecule has 26 heavy (non-hydrogen) atoms. The Kier molecular flexibility index (Phi) is 4.52. The summed E-state index contributed by atoms with van der Waals surface area (Å²) in [6.45, 7) is 3.58. The number of para-hydroxylation sites is 1. The minimum atomic E-state index is -3.15. The maximum Gasteiger partial charge on any atom is 0.233 e. The average molecular weight is 376 g/mol. The van der Waals surface area contributed by atoms with Crippen molar-refractivity contribution in [1.29, 1.82) is 0 Å². The number of sulfonamides is 1. The molecule has 2 aliphatic heterocycles. The lowest BCUT2D eigenvalue weighted by molar-refractivity contribution is -0.134. The first kappa shape index (κ1) is 17.5. The van der Waals surface area contributed by atoms with Gasteiger partial charge in [-0.3, -0.25) is 4.79 Å². The van der Waals surface area contributed by atoms with Crippen molar-refractivity contribution in [2.45, 2.75) is 38.1 Å². The molecule has 0 spiro atoms. The molecular weight excluding hydrogens is 352 g/mol. The number of fused-ring (bicyclic) bond motifs is 1. The van der Waals surface area contributed by atoms with E-state index in [4.69, 9.17) is 4.42 Å². The summed E-state index contributed by atoms with van der Waals surface area (Å²) in [5.74, 6) is 0.515. The zero-order valence-electron chi connectivity index (χ0n) is 14.9. The second kappa shape index (κ2) is 6.70. The molecular formula is C19H24N2O4S. The number of hydrogen-bond donors (Lipinski definition) is 0. The van der Waals surface area contributed by atoms with E-state index in [1.54, 1.807) is 9.21 Å². The smallest absolute Gasteiger partial charge is 0.233 e. The van der Waals surface area contributed by atoms with E-state index in [-0.39, 0.29) is 23.6 Å². The Hall–Kier alpha value is -1.86. The molecule has 2 aromatic rings. The Morgan fingerprint density at radius 3 is 2.77 bits per heavy atom. The molecule has 6 nitrogen and oxygen atoms in total. The highest BCUT2D eigenvalue weighted by atomic mass is 32.2. The van der Waals surface area contributed by atoms with Crippen molar-refractivity contribution in [3.63, 3.8) is 0 Å². The Morgan fingerprint density at radius 2 is 2.04 bits per heavy atom. The summed E-state index contributed by atoms with van der Waals surface area (Å²) in [6, 6.07) is 9.54. The van der Waals surface area contributed by atoms with E-state index in [0.717, 1.165) is 23.8 Å². The maximum atomic E-state index is 13.0. The maximum absolute atomic E-state index is 13.0. The molecule has 0 unspecified atom stereocenters. The minimum absolute atomic E-state index is 0.00495. The number of benzene rings is 1. The molecule has 7 heteroatoms. The van der Waals surface area contributed by atoms with Gasteiger partial charge in [-0.2, -0.15) is 4.31 Å². The van der Waals surface area contributed by atoms with Gasteiger partial charge in [0.1, 0.15) is 11.3 Å². The van der Waals surface area contributed by atoms with Gasteiger partial charge in [0.25, 0.3) is 0 Å². The molecule has 1 aromatic carbocycles. The van der Waals surface area contributed by atoms with Crippen LogP contribution in [0, 0.1) is 0 Å². The Labute approximate surface area is 153 Å². The first-order chi connectivity index (χ1) is 12.5. The van der Waals surface area contributed by atoms with Crippen LogP contribution >= 0.6 is 0 Å². The Morgan fingerprint density at radius 1 is 1.23 bits per heavy atom. The van der Waals surface area contributed by atoms with Crippen LogP contribution in [0.15, 0.2) is 34.7 Å². The number of rotatable bonds is 3. The fourth-order valence-electron chi connectivity index (χ4n) is 4.07. The van der Waals surface area contributed by atoms with E-state index in [1.165, 1.54) is 0 Å². The minimum Gasteiger partial charge on any atom is -0.460 e. The fraction of sp³-hybridized carbons (Fsp3) is 0.526. The average Bonchev–Trinajstić information content (AvgIpc) is 3.23. The molecule has 1 aromatic heterocycles. The SMILES string of the molecule is C[C@@H](C(=O)N1CCC[C@H](N2CCCS2(=O)=O)C1)c1cc2ccccc2o1. The predicted molar refractivity (Wildman–Crippen MR) is 99.3 cm³/mol. The second-order valence-electron chi connectivity index (χ2n) is 7.27. The quantitative estimate of drug-likeness (QED) is 0.825. The number of piperidine rings is 1. The van der Waals surface area contributed by atoms with Gasteiger partial charge >= 0.3 is 0 Å². The van der Waals surface area contributed by atoms with Crippen LogP contribution in [0.3, 0.4) is 0 Å². The van der Waals surface area contributed by atoms with Crippen LogP contribution in [-0.4, -0.2) is 55.0 Å². The normalized spacial score (nSPS) is 24.8. The molecule has 3 heterocycles. The summed E-state index contributed by atoms with van der Waals surface area (Å²) >= 11 is 0. The molecule has 0 aliphatic carbocycles. The van der Waals surface area contributed by atoms with Crippen molar-refractivity contribution in [1.82, 2.24) is 9.21 Å². The van der Waals surface area contributed by atoms with E-state index < -0.39 is 10.0 Å². The Bertz CT molecular complexity index is 888. The summed E-state index contributed by atoms with van der Waals surface area (Å²) < 4.78 is 31.9. The summed E-state index contributed by atoms with van der Waals surface area (Å²) in [5, 5.41) is 0.988. The van der Waals surface area contributed by atoms with Gasteiger partial charge in [-0.1, -0.05) is 18.2 Å². The number of hydrogen-bond acceptors (Lipinski definition) is 4. The van der Waals surface area contributed by atoms with Crippen LogP contribution in [0.5, 0.6) is 0 Å². The fourth-order valence-corrected chi connectivity index (χ4v) is 5.83. The van der Waals surface area contributed by atoms with Gasteiger partial charge in [-0.05, 0) is 38.3 Å². The van der Waals surface area contributed by atoms with Crippen LogP contribution in [0.4, 0.5) is 0 Å². The largest absolute Gasteiger partial charge is 0.460 e. The van der Waals surface area contributed by atoms with Crippen LogP contribution in [0.2, 0.25) is 0 Å². The molecule has 0 bridgehead atoms. The molecule has 1 amide bonds. The lowest BCUT2D eigenvalue weighted by atomic mass is 10.0. The summed E-state index contributed by atoms with van der Waals surface area (Å²) in [5.41, 5.74) is 0.779. The zero-order valence-corrected chi connectivity index (χ0v) is 15.7.